The lowest BCUT2D eigenvalue weighted by molar-refractivity contribution is -0.394. The molecule has 0 unspecified atom stereocenters. The van der Waals surface area contributed by atoms with Crippen LogP contribution >= 0.6 is 0 Å². The second-order valence-corrected chi connectivity index (χ2v) is 6.79. The Morgan fingerprint density at radius 1 is 1.00 bits per heavy atom. The maximum absolute atomic E-state index is 12.6. The first-order valence-electron chi connectivity index (χ1n) is 9.16. The Labute approximate surface area is 172 Å². The van der Waals surface area contributed by atoms with Gasteiger partial charge in [-0.2, -0.15) is 0 Å². The number of nitrogens with one attached hydrogen (secondary N) is 1. The van der Waals surface area contributed by atoms with Crippen molar-refractivity contribution in [2.24, 2.45) is 0 Å². The molecule has 0 aliphatic heterocycles. The molecule has 2 aromatic carbocycles. The summed E-state index contributed by atoms with van der Waals surface area (Å²) in [6.45, 7) is 3.33. The molecule has 2 aromatic rings. The first kappa shape index (κ1) is 22.5. The summed E-state index contributed by atoms with van der Waals surface area (Å²) in [5.41, 5.74) is -0.544. The summed E-state index contributed by atoms with van der Waals surface area (Å²) in [6, 6.07) is 10.9. The Balaban J connectivity index is 2.25. The second-order valence-electron chi connectivity index (χ2n) is 6.79. The minimum absolute atomic E-state index is 0.221. The monoisotopic (exact) mass is 415 g/mol. The third-order valence-electron chi connectivity index (χ3n) is 4.09. The molecular weight excluding hydrogens is 394 g/mol. The van der Waals surface area contributed by atoms with Gasteiger partial charge in [-0.25, -0.2) is 4.79 Å². The molecular formula is C20H21N3O7. The fraction of sp³-hybridized carbons (Fsp3) is 0.300. The van der Waals surface area contributed by atoms with E-state index in [1.165, 1.54) is 0 Å². The number of aryl methyl sites for hydroxylation is 1. The average molecular weight is 415 g/mol. The number of nitro groups is 2. The molecule has 0 radical (unpaired) electrons. The first-order valence-corrected chi connectivity index (χ1v) is 9.16. The number of benzene rings is 2. The van der Waals surface area contributed by atoms with E-state index in [0.29, 0.717) is 6.42 Å². The third-order valence-corrected chi connectivity index (χ3v) is 4.09. The van der Waals surface area contributed by atoms with Gasteiger partial charge in [-0.05, 0) is 32.3 Å². The SMILES string of the molecule is CC(C)OC(=O)[C@@H](CCc1ccccc1)NC(=O)c1cc([N+](=O)[O-])cc([N+](=O)[O-])c1. The van der Waals surface area contributed by atoms with Gasteiger partial charge in [0.15, 0.2) is 0 Å². The van der Waals surface area contributed by atoms with Crippen LogP contribution in [0.3, 0.4) is 0 Å². The van der Waals surface area contributed by atoms with E-state index in [9.17, 15) is 29.8 Å². The smallest absolute Gasteiger partial charge is 0.328 e. The van der Waals surface area contributed by atoms with Gasteiger partial charge in [0.05, 0.1) is 27.6 Å². The number of rotatable bonds is 9. The van der Waals surface area contributed by atoms with Crippen LogP contribution in [0, 0.1) is 20.2 Å². The number of amides is 1. The molecule has 10 nitrogen and oxygen atoms in total. The average Bonchev–Trinajstić information content (AvgIpc) is 2.70. The molecule has 1 N–H and O–H groups in total. The van der Waals surface area contributed by atoms with E-state index in [2.05, 4.69) is 5.32 Å². The molecule has 0 aromatic heterocycles. The summed E-state index contributed by atoms with van der Waals surface area (Å²) in [6.07, 6.45) is 0.277. The molecule has 0 fully saturated rings. The van der Waals surface area contributed by atoms with Crippen molar-refractivity contribution >= 4 is 23.3 Å². The molecule has 30 heavy (non-hydrogen) atoms. The lowest BCUT2D eigenvalue weighted by Gasteiger charge is -2.19. The van der Waals surface area contributed by atoms with Gasteiger partial charge in [-0.3, -0.25) is 25.0 Å². The summed E-state index contributed by atoms with van der Waals surface area (Å²) in [7, 11) is 0. The normalized spacial score (nSPS) is 11.6. The van der Waals surface area contributed by atoms with Gasteiger partial charge in [-0.1, -0.05) is 30.3 Å². The van der Waals surface area contributed by atoms with Crippen LogP contribution in [-0.2, 0) is 16.0 Å². The minimum atomic E-state index is -1.03. The molecule has 158 valence electrons. The van der Waals surface area contributed by atoms with Crippen LogP contribution in [0.5, 0.6) is 0 Å². The van der Waals surface area contributed by atoms with Crippen molar-refractivity contribution in [3.8, 4) is 0 Å². The Kier molecular flexibility index (Phi) is 7.56. The molecule has 0 saturated heterocycles. The Morgan fingerprint density at radius 3 is 2.07 bits per heavy atom. The fourth-order valence-electron chi connectivity index (χ4n) is 2.70. The number of carbonyl (C=O) groups excluding carboxylic acids is 2. The lowest BCUT2D eigenvalue weighted by Crippen LogP contribution is -2.43. The highest BCUT2D eigenvalue weighted by atomic mass is 16.6. The quantitative estimate of drug-likeness (QED) is 0.376. The number of nitrogens with zero attached hydrogens (tertiary/aromatic N) is 2. The van der Waals surface area contributed by atoms with Gasteiger partial charge < -0.3 is 10.1 Å². The van der Waals surface area contributed by atoms with Gasteiger partial charge in [0.25, 0.3) is 17.3 Å². The van der Waals surface area contributed by atoms with Crippen molar-refractivity contribution in [1.29, 1.82) is 0 Å². The molecule has 2 rings (SSSR count). The van der Waals surface area contributed by atoms with Gasteiger partial charge in [-0.15, -0.1) is 0 Å². The lowest BCUT2D eigenvalue weighted by atomic mass is 10.0. The summed E-state index contributed by atoms with van der Waals surface area (Å²) in [5, 5.41) is 24.6. The predicted molar refractivity (Wildman–Crippen MR) is 107 cm³/mol. The van der Waals surface area contributed by atoms with Gasteiger partial charge >= 0.3 is 5.97 Å². The fourth-order valence-corrected chi connectivity index (χ4v) is 2.70. The van der Waals surface area contributed by atoms with Crippen LogP contribution < -0.4 is 5.32 Å². The summed E-state index contributed by atoms with van der Waals surface area (Å²) < 4.78 is 5.19. The van der Waals surface area contributed by atoms with Crippen LogP contribution in [-0.4, -0.2) is 33.9 Å². The van der Waals surface area contributed by atoms with E-state index in [1.807, 2.05) is 30.3 Å². The predicted octanol–water partition coefficient (Wildman–Crippen LogP) is 3.19. The van der Waals surface area contributed by atoms with Crippen molar-refractivity contribution < 1.29 is 24.2 Å². The highest BCUT2D eigenvalue weighted by Crippen LogP contribution is 2.23. The standard InChI is InChI=1S/C20H21N3O7/c1-13(2)30-20(25)18(9-8-14-6-4-3-5-7-14)21-19(24)15-10-16(22(26)27)12-17(11-15)23(28)29/h3-7,10-13,18H,8-9H2,1-2H3,(H,21,24)/t18-/m1/s1. The number of carbonyl (C=O) groups is 2. The third kappa shape index (κ3) is 6.36. The van der Waals surface area contributed by atoms with Crippen molar-refractivity contribution in [2.75, 3.05) is 0 Å². The molecule has 10 heteroatoms. The molecule has 0 heterocycles. The maximum atomic E-state index is 12.6. The van der Waals surface area contributed by atoms with Crippen LogP contribution in [0.4, 0.5) is 11.4 Å². The van der Waals surface area contributed by atoms with E-state index in [-0.39, 0.29) is 12.0 Å². The van der Waals surface area contributed by atoms with E-state index in [0.717, 1.165) is 23.8 Å². The van der Waals surface area contributed by atoms with Gasteiger partial charge in [0.1, 0.15) is 6.04 Å². The summed E-state index contributed by atoms with van der Waals surface area (Å²) in [5.74, 6) is -1.50. The van der Waals surface area contributed by atoms with E-state index in [1.54, 1.807) is 13.8 Å². The Bertz CT molecular complexity index is 912. The van der Waals surface area contributed by atoms with E-state index in [4.69, 9.17) is 4.74 Å². The molecule has 0 spiro atoms. The molecule has 0 aliphatic rings. The summed E-state index contributed by atoms with van der Waals surface area (Å²) >= 11 is 0. The van der Waals surface area contributed by atoms with Gasteiger partial charge in [0.2, 0.25) is 0 Å². The zero-order valence-electron chi connectivity index (χ0n) is 16.4. The van der Waals surface area contributed by atoms with Crippen LogP contribution in [0.1, 0.15) is 36.2 Å². The number of hydrogen-bond donors (Lipinski definition) is 1. The number of non-ortho nitro benzene ring substituents is 2. The van der Waals surface area contributed by atoms with E-state index >= 15 is 0 Å². The number of ether oxygens (including phenoxy) is 1. The number of esters is 1. The van der Waals surface area contributed by atoms with E-state index < -0.39 is 45.2 Å². The number of nitro benzene ring substituents is 2. The van der Waals surface area contributed by atoms with Crippen molar-refractivity contribution in [3.63, 3.8) is 0 Å². The van der Waals surface area contributed by atoms with Crippen LogP contribution in [0.25, 0.3) is 0 Å². The summed E-state index contributed by atoms with van der Waals surface area (Å²) in [4.78, 5) is 45.5. The van der Waals surface area contributed by atoms with Crippen molar-refractivity contribution in [1.82, 2.24) is 5.32 Å². The molecule has 1 amide bonds. The molecule has 0 aliphatic carbocycles. The highest BCUT2D eigenvalue weighted by Gasteiger charge is 2.26. The zero-order chi connectivity index (χ0) is 22.3. The zero-order valence-corrected chi connectivity index (χ0v) is 16.4. The Hall–Kier alpha value is -3.82. The molecule has 1 atom stereocenters. The van der Waals surface area contributed by atoms with Crippen molar-refractivity contribution in [3.05, 3.63) is 79.9 Å². The van der Waals surface area contributed by atoms with Crippen molar-refractivity contribution in [2.45, 2.75) is 38.8 Å². The topological polar surface area (TPSA) is 142 Å². The van der Waals surface area contributed by atoms with Gasteiger partial charge in [0, 0.05) is 12.1 Å². The largest absolute Gasteiger partial charge is 0.461 e. The van der Waals surface area contributed by atoms with Crippen LogP contribution in [0.15, 0.2) is 48.5 Å². The first-order chi connectivity index (χ1) is 14.2. The second kappa shape index (κ2) is 10.1. The maximum Gasteiger partial charge on any atom is 0.328 e. The van der Waals surface area contributed by atoms with Crippen LogP contribution in [0.2, 0.25) is 0 Å². The molecule has 0 saturated carbocycles. The number of hydrogen-bond acceptors (Lipinski definition) is 7. The molecule has 0 bridgehead atoms. The Morgan fingerprint density at radius 2 is 1.57 bits per heavy atom. The minimum Gasteiger partial charge on any atom is -0.461 e. The highest BCUT2D eigenvalue weighted by molar-refractivity contribution is 5.98.